The first kappa shape index (κ1) is 44.5. The summed E-state index contributed by atoms with van der Waals surface area (Å²) in [5.41, 5.74) is -1.36. The number of rotatable bonds is 7. The van der Waals surface area contributed by atoms with Crippen molar-refractivity contribution in [3.05, 3.63) is 11.6 Å². The molecule has 0 spiro atoms. The van der Waals surface area contributed by atoms with Crippen LogP contribution in [-0.2, 0) is 42.9 Å². The Bertz CT molecular complexity index is 1750. The van der Waals surface area contributed by atoms with E-state index >= 15 is 0 Å². The van der Waals surface area contributed by atoms with Crippen LogP contribution >= 0.6 is 0 Å². The molecule has 19 atom stereocenters. The summed E-state index contributed by atoms with van der Waals surface area (Å²) in [6.45, 7) is 15.2. The normalized spacial score (nSPS) is 51.8. The van der Waals surface area contributed by atoms with E-state index in [1.807, 2.05) is 26.8 Å². The highest BCUT2D eigenvalue weighted by Gasteiger charge is 2.71. The number of aliphatic hydroxyl groups is 5. The smallest absolute Gasteiger partial charge is 0.335 e. The largest absolute Gasteiger partial charge is 0.479 e. The third-order valence-electron chi connectivity index (χ3n) is 17.4. The Kier molecular flexibility index (Phi) is 11.2. The van der Waals surface area contributed by atoms with Crippen molar-refractivity contribution < 1.29 is 78.6 Å². The number of carbonyl (C=O) groups is 4. The Morgan fingerprint density at radius 2 is 1.31 bits per heavy atom. The number of carboxylic acids is 2. The summed E-state index contributed by atoms with van der Waals surface area (Å²) in [6.07, 6.45) is -11.6. The SMILES string of the molecule is COC(=O)[C@@]1(C)CC[C@]2(C)CC[C@]3(C)C(=CC(=O)[C@@H]4[C@@]5(C)CC[C@H](O[C@H]6O[C@H](C(=O)O)[C@@H](O)[C@H](O)[C@H]6O[C@@H]6O[C@H](C(=O)O)[C@H](O)[C@H](O)[C@H]6O)C(C)(C)[C@@H]5CC[C@]43C)[C@@H]2C1. The molecule has 7 N–H and O–H groups in total. The van der Waals surface area contributed by atoms with E-state index in [2.05, 4.69) is 27.7 Å². The monoisotopic (exact) mass is 836 g/mol. The maximum Gasteiger partial charge on any atom is 0.335 e. The fourth-order valence-corrected chi connectivity index (χ4v) is 13.6. The van der Waals surface area contributed by atoms with Gasteiger partial charge in [-0.05, 0) is 110 Å². The Labute approximate surface area is 344 Å². The van der Waals surface area contributed by atoms with Gasteiger partial charge in [0.1, 0.15) is 36.6 Å². The highest BCUT2D eigenvalue weighted by atomic mass is 16.8. The van der Waals surface area contributed by atoms with E-state index in [-0.39, 0.29) is 40.3 Å². The molecule has 5 aliphatic carbocycles. The minimum atomic E-state index is -2.04. The number of fused-ring (bicyclic) bond motifs is 7. The lowest BCUT2D eigenvalue weighted by molar-refractivity contribution is -0.371. The summed E-state index contributed by atoms with van der Waals surface area (Å²) in [6, 6.07) is 0. The van der Waals surface area contributed by atoms with Crippen LogP contribution in [-0.4, -0.2) is 134 Å². The molecule has 0 aromatic carbocycles. The van der Waals surface area contributed by atoms with Crippen molar-refractivity contribution in [1.29, 1.82) is 0 Å². The lowest BCUT2D eigenvalue weighted by Gasteiger charge is -2.70. The molecule has 6 fully saturated rings. The van der Waals surface area contributed by atoms with E-state index < -0.39 is 101 Å². The number of carboxylic acid groups (broad SMARTS) is 2. The number of allylic oxidation sites excluding steroid dienone is 2. The van der Waals surface area contributed by atoms with E-state index in [1.165, 1.54) is 12.7 Å². The fraction of sp³-hybridized carbons (Fsp3) is 0.860. The number of hydrogen-bond donors (Lipinski definition) is 7. The van der Waals surface area contributed by atoms with Gasteiger partial charge in [-0.25, -0.2) is 9.59 Å². The molecule has 4 saturated carbocycles. The molecular formula is C43H64O16. The van der Waals surface area contributed by atoms with E-state index in [0.29, 0.717) is 19.3 Å². The van der Waals surface area contributed by atoms with Crippen LogP contribution in [0, 0.1) is 50.2 Å². The number of carbonyl (C=O) groups excluding carboxylic acids is 2. The van der Waals surface area contributed by atoms with Crippen LogP contribution in [0.25, 0.3) is 0 Å². The molecule has 16 heteroatoms. The van der Waals surface area contributed by atoms with Gasteiger partial charge in [-0.1, -0.05) is 47.1 Å². The number of ether oxygens (including phenoxy) is 5. The van der Waals surface area contributed by atoms with Crippen LogP contribution in [0.3, 0.4) is 0 Å². The number of aliphatic hydroxyl groups excluding tert-OH is 5. The zero-order valence-electron chi connectivity index (χ0n) is 35.3. The predicted molar refractivity (Wildman–Crippen MR) is 204 cm³/mol. The summed E-state index contributed by atoms with van der Waals surface area (Å²) >= 11 is 0. The first-order valence-electron chi connectivity index (χ1n) is 21.1. The molecule has 0 aromatic rings. The molecule has 0 aromatic heterocycles. The summed E-state index contributed by atoms with van der Waals surface area (Å²) < 4.78 is 28.7. The van der Waals surface area contributed by atoms with Crippen LogP contribution in [0.4, 0.5) is 0 Å². The van der Waals surface area contributed by atoms with Gasteiger partial charge in [0.2, 0.25) is 0 Å². The molecule has 332 valence electrons. The van der Waals surface area contributed by atoms with E-state index in [9.17, 15) is 54.9 Å². The molecule has 2 heterocycles. The minimum Gasteiger partial charge on any atom is -0.479 e. The molecule has 7 rings (SSSR count). The van der Waals surface area contributed by atoms with Crippen molar-refractivity contribution in [3.63, 3.8) is 0 Å². The minimum absolute atomic E-state index is 0.0346. The van der Waals surface area contributed by atoms with Gasteiger partial charge in [-0.2, -0.15) is 0 Å². The third-order valence-corrected chi connectivity index (χ3v) is 17.4. The van der Waals surface area contributed by atoms with Crippen molar-refractivity contribution in [2.45, 2.75) is 174 Å². The highest BCUT2D eigenvalue weighted by molar-refractivity contribution is 5.95. The second-order valence-corrected chi connectivity index (χ2v) is 20.8. The van der Waals surface area contributed by atoms with E-state index in [4.69, 9.17) is 23.7 Å². The highest BCUT2D eigenvalue weighted by Crippen LogP contribution is 2.75. The van der Waals surface area contributed by atoms with Crippen molar-refractivity contribution in [2.75, 3.05) is 7.11 Å². The Balaban J connectivity index is 1.17. The molecule has 0 unspecified atom stereocenters. The van der Waals surface area contributed by atoms with Crippen molar-refractivity contribution in [3.8, 4) is 0 Å². The van der Waals surface area contributed by atoms with Gasteiger partial charge < -0.3 is 59.4 Å². The average Bonchev–Trinajstić information content (AvgIpc) is 3.16. The zero-order valence-corrected chi connectivity index (χ0v) is 35.3. The maximum atomic E-state index is 14.9. The van der Waals surface area contributed by atoms with E-state index in [1.54, 1.807) is 0 Å². The summed E-state index contributed by atoms with van der Waals surface area (Å²) in [4.78, 5) is 52.0. The topological polar surface area (TPSA) is 256 Å². The van der Waals surface area contributed by atoms with Gasteiger partial charge >= 0.3 is 17.9 Å². The Morgan fingerprint density at radius 1 is 0.712 bits per heavy atom. The molecule has 2 saturated heterocycles. The van der Waals surface area contributed by atoms with Crippen molar-refractivity contribution in [2.24, 2.45) is 50.2 Å². The van der Waals surface area contributed by atoms with Crippen LogP contribution < -0.4 is 0 Å². The third kappa shape index (κ3) is 6.56. The quantitative estimate of drug-likeness (QED) is 0.144. The Hall–Kier alpha value is -2.54. The van der Waals surface area contributed by atoms with Gasteiger partial charge in [0, 0.05) is 5.92 Å². The first-order valence-corrected chi connectivity index (χ1v) is 21.1. The van der Waals surface area contributed by atoms with Crippen molar-refractivity contribution >= 4 is 23.7 Å². The van der Waals surface area contributed by atoms with Gasteiger partial charge in [0.05, 0.1) is 18.6 Å². The molecule has 7 aliphatic rings. The van der Waals surface area contributed by atoms with Crippen LogP contribution in [0.15, 0.2) is 11.6 Å². The lowest BCUT2D eigenvalue weighted by atomic mass is 9.33. The van der Waals surface area contributed by atoms with Crippen LogP contribution in [0.5, 0.6) is 0 Å². The van der Waals surface area contributed by atoms with Gasteiger partial charge in [-0.15, -0.1) is 0 Å². The molecule has 0 bridgehead atoms. The second-order valence-electron chi connectivity index (χ2n) is 20.8. The van der Waals surface area contributed by atoms with Gasteiger partial charge in [0.25, 0.3) is 0 Å². The Morgan fingerprint density at radius 3 is 1.92 bits per heavy atom. The number of esters is 1. The number of hydrogen-bond acceptors (Lipinski definition) is 14. The van der Waals surface area contributed by atoms with Crippen LogP contribution in [0.2, 0.25) is 0 Å². The molecule has 2 aliphatic heterocycles. The molecule has 59 heavy (non-hydrogen) atoms. The molecule has 0 amide bonds. The summed E-state index contributed by atoms with van der Waals surface area (Å²) in [5.74, 6) is -3.71. The van der Waals surface area contributed by atoms with Crippen molar-refractivity contribution in [1.82, 2.24) is 0 Å². The maximum absolute atomic E-state index is 14.9. The summed E-state index contributed by atoms with van der Waals surface area (Å²) in [7, 11) is 1.44. The number of ketones is 1. The van der Waals surface area contributed by atoms with Gasteiger partial charge in [-0.3, -0.25) is 9.59 Å². The molecule has 0 radical (unpaired) electrons. The zero-order chi connectivity index (χ0) is 43.6. The fourth-order valence-electron chi connectivity index (χ4n) is 13.6. The summed E-state index contributed by atoms with van der Waals surface area (Å²) in [5, 5.41) is 72.9. The predicted octanol–water partition coefficient (Wildman–Crippen LogP) is 2.33. The molecular weight excluding hydrogens is 772 g/mol. The lowest BCUT2D eigenvalue weighted by Crippen LogP contribution is -2.68. The number of methoxy groups -OCH3 is 1. The standard InChI is InChI=1S/C43H64O16/c1-38(2)22-9-12-43(7)32(21(44)17-19-20-18-40(4,37(54)55-8)14-13-39(20,3)15-16-42(19,43)6)41(22,5)11-10-23(38)56-36-31(27(48)26(47)30(58-36)34(52)53)59-35-28(49)24(45)25(46)29(57-35)33(50)51/h17,20,22-32,35-36,45-49H,9-16,18H2,1-8H3,(H,50,51)(H,52,53)/t20-,22-,23-,24-,25+,26-,27-,28+,29-,30-,31+,32+,35-,36-,39+,40-,41-,42+,43+/m0/s1. The first-order chi connectivity index (χ1) is 27.3. The van der Waals surface area contributed by atoms with E-state index in [0.717, 1.165) is 38.5 Å². The van der Waals surface area contributed by atoms with Crippen LogP contribution in [0.1, 0.15) is 106 Å². The second kappa shape index (κ2) is 14.8. The van der Waals surface area contributed by atoms with Gasteiger partial charge in [0.15, 0.2) is 30.6 Å². The average molecular weight is 837 g/mol. The molecule has 16 nitrogen and oxygen atoms in total. The number of aliphatic carboxylic acids is 2.